The van der Waals surface area contributed by atoms with E-state index >= 15 is 0 Å². The Morgan fingerprint density at radius 3 is 2.10 bits per heavy atom. The molecule has 0 saturated carbocycles. The highest BCUT2D eigenvalue weighted by atomic mass is 35.5. The number of carboxylic acids is 3. The summed E-state index contributed by atoms with van der Waals surface area (Å²) in [5.41, 5.74) is 1.43. The van der Waals surface area contributed by atoms with Crippen LogP contribution in [0.15, 0.2) is 52.9 Å². The van der Waals surface area contributed by atoms with Gasteiger partial charge >= 0.3 is 30.1 Å². The highest BCUT2D eigenvalue weighted by molar-refractivity contribution is 6.31. The molecule has 1 unspecified atom stereocenters. The molecule has 2 rings (SSSR count). The number of rotatable bonds is 10. The van der Waals surface area contributed by atoms with E-state index in [0.29, 0.717) is 12.2 Å². The fraction of sp³-hybridized carbons (Fsp3) is 0.304. The van der Waals surface area contributed by atoms with Gasteiger partial charge in [-0.25, -0.2) is 23.6 Å². The number of alkyl halides is 4. The van der Waals surface area contributed by atoms with Crippen molar-refractivity contribution in [3.05, 3.63) is 69.0 Å². The monoisotopic (exact) mass is 582 g/mol. The molecule has 16 heteroatoms. The van der Waals surface area contributed by atoms with Crippen LogP contribution in [0.4, 0.5) is 17.6 Å². The molecule has 1 aliphatic heterocycles. The first-order valence-electron chi connectivity index (χ1n) is 10.6. The Labute approximate surface area is 223 Å². The van der Waals surface area contributed by atoms with Gasteiger partial charge in [0, 0.05) is 18.7 Å². The summed E-state index contributed by atoms with van der Waals surface area (Å²) in [6, 6.07) is 3.12. The number of carbonyl (C=O) groups is 4. The zero-order chi connectivity index (χ0) is 29.9. The predicted molar refractivity (Wildman–Crippen MR) is 126 cm³/mol. The van der Waals surface area contributed by atoms with Gasteiger partial charge < -0.3 is 35.8 Å². The summed E-state index contributed by atoms with van der Waals surface area (Å²) in [4.78, 5) is 43.7. The molecule has 6 N–H and O–H groups in total. The minimum absolute atomic E-state index is 0.00619. The molecule has 11 nitrogen and oxygen atoms in total. The lowest BCUT2D eigenvalue weighted by molar-refractivity contribution is -0.140. The molecule has 214 valence electrons. The van der Waals surface area contributed by atoms with Gasteiger partial charge in [-0.3, -0.25) is 0 Å². The van der Waals surface area contributed by atoms with E-state index in [0.717, 1.165) is 19.2 Å². The number of aliphatic carboxylic acids is 3. The maximum Gasteiger partial charge on any atom is 0.418 e. The molecule has 1 heterocycles. The van der Waals surface area contributed by atoms with Crippen LogP contribution in [0.25, 0.3) is 0 Å². The van der Waals surface area contributed by atoms with Gasteiger partial charge in [0.1, 0.15) is 6.67 Å². The summed E-state index contributed by atoms with van der Waals surface area (Å²) < 4.78 is 65.1. The second-order valence-corrected chi connectivity index (χ2v) is 7.73. The minimum Gasteiger partial charge on any atom is -0.478 e. The summed E-state index contributed by atoms with van der Waals surface area (Å²) in [5, 5.41) is 27.2. The standard InChI is InChI=1S/C19H19ClF4N2O5.C4H4O4/c1-30-18(29)15-11(7-21)26-12(8-31-6-5-25)14(17(27)28)13(15)9-3-2-4-10(20)16(9)19(22,23)24;5-3(6)1-2-4(7)8/h2-4,13,26H,5-8,25H2,1H3,(H,27,28);1-2H,(H,5,6)(H,7,8). The van der Waals surface area contributed by atoms with Gasteiger partial charge in [-0.2, -0.15) is 13.2 Å². The zero-order valence-electron chi connectivity index (χ0n) is 20.1. The summed E-state index contributed by atoms with van der Waals surface area (Å²) in [6.07, 6.45) is -3.87. The van der Waals surface area contributed by atoms with Crippen molar-refractivity contribution in [3.63, 3.8) is 0 Å². The predicted octanol–water partition coefficient (Wildman–Crippen LogP) is 2.47. The summed E-state index contributed by atoms with van der Waals surface area (Å²) >= 11 is 5.79. The molecule has 1 atom stereocenters. The minimum atomic E-state index is -4.99. The van der Waals surface area contributed by atoms with Gasteiger partial charge in [0.2, 0.25) is 0 Å². The number of nitrogens with two attached hydrogens (primary N) is 1. The van der Waals surface area contributed by atoms with Gasteiger partial charge in [-0.1, -0.05) is 23.7 Å². The van der Waals surface area contributed by atoms with Gasteiger partial charge in [-0.05, 0) is 11.6 Å². The van der Waals surface area contributed by atoms with E-state index < -0.39 is 82.2 Å². The maximum atomic E-state index is 13.8. The second kappa shape index (κ2) is 14.8. The van der Waals surface area contributed by atoms with Crippen LogP contribution in [0, 0.1) is 0 Å². The Bertz CT molecular complexity index is 1180. The van der Waals surface area contributed by atoms with Crippen molar-refractivity contribution in [1.29, 1.82) is 0 Å². The van der Waals surface area contributed by atoms with Crippen molar-refractivity contribution >= 4 is 35.5 Å². The highest BCUT2D eigenvalue weighted by Crippen LogP contribution is 2.46. The van der Waals surface area contributed by atoms with E-state index in [1.54, 1.807) is 0 Å². The summed E-state index contributed by atoms with van der Waals surface area (Å²) in [5.74, 6) is -7.18. The molecule has 1 aromatic carbocycles. The molecule has 0 bridgehead atoms. The maximum absolute atomic E-state index is 13.8. The number of halogens is 5. The number of carboxylic acid groups (broad SMARTS) is 3. The van der Waals surface area contributed by atoms with E-state index in [1.165, 1.54) is 6.07 Å². The summed E-state index contributed by atoms with van der Waals surface area (Å²) in [7, 11) is 0.939. The van der Waals surface area contributed by atoms with Crippen LogP contribution in [0.5, 0.6) is 0 Å². The number of esters is 1. The van der Waals surface area contributed by atoms with E-state index in [2.05, 4.69) is 10.1 Å². The Morgan fingerprint density at radius 1 is 1.08 bits per heavy atom. The first-order valence-corrected chi connectivity index (χ1v) is 11.0. The van der Waals surface area contributed by atoms with Gasteiger partial charge in [0.25, 0.3) is 0 Å². The normalized spacial score (nSPS) is 15.4. The van der Waals surface area contributed by atoms with Gasteiger partial charge in [0.05, 0.1) is 59.4 Å². The Morgan fingerprint density at radius 2 is 1.67 bits per heavy atom. The third-order valence-electron chi connectivity index (χ3n) is 4.82. The van der Waals surface area contributed by atoms with Gasteiger partial charge in [-0.15, -0.1) is 0 Å². The fourth-order valence-corrected chi connectivity index (χ4v) is 3.71. The SMILES string of the molecule is COC(=O)C1=C(CF)NC(COCCN)=C(C(=O)O)C1c1cccc(Cl)c1C(F)(F)F.O=C(O)C=CC(=O)O. The summed E-state index contributed by atoms with van der Waals surface area (Å²) in [6.45, 7) is -1.64. The molecule has 0 amide bonds. The van der Waals surface area contributed by atoms with Crippen LogP contribution < -0.4 is 11.1 Å². The first-order chi connectivity index (χ1) is 18.2. The smallest absolute Gasteiger partial charge is 0.418 e. The molecule has 0 radical (unpaired) electrons. The number of allylic oxidation sites excluding steroid dienone is 1. The fourth-order valence-electron chi connectivity index (χ4n) is 3.42. The topological polar surface area (TPSA) is 185 Å². The lowest BCUT2D eigenvalue weighted by Gasteiger charge is -2.32. The molecule has 39 heavy (non-hydrogen) atoms. The molecule has 0 aliphatic carbocycles. The number of ether oxygens (including phenoxy) is 2. The van der Waals surface area contributed by atoms with Crippen LogP contribution in [-0.4, -0.2) is 72.7 Å². The van der Waals surface area contributed by atoms with Crippen molar-refractivity contribution in [2.24, 2.45) is 5.73 Å². The van der Waals surface area contributed by atoms with E-state index in [1.807, 2.05) is 0 Å². The number of hydrogen-bond donors (Lipinski definition) is 5. The average molecular weight is 583 g/mol. The third kappa shape index (κ3) is 9.08. The average Bonchev–Trinajstić information content (AvgIpc) is 2.85. The Balaban J connectivity index is 0.000000824. The van der Waals surface area contributed by atoms with Crippen molar-refractivity contribution in [2.45, 2.75) is 12.1 Å². The zero-order valence-corrected chi connectivity index (χ0v) is 20.8. The van der Waals surface area contributed by atoms with Crippen molar-refractivity contribution in [1.82, 2.24) is 5.32 Å². The number of carbonyl (C=O) groups excluding carboxylic acids is 1. The molecule has 0 aromatic heterocycles. The lowest BCUT2D eigenvalue weighted by atomic mass is 9.78. The number of methoxy groups -OCH3 is 1. The Hall–Kier alpha value is -3.95. The van der Waals surface area contributed by atoms with E-state index in [9.17, 15) is 41.8 Å². The number of benzene rings is 1. The van der Waals surface area contributed by atoms with Crippen LogP contribution in [0.3, 0.4) is 0 Å². The molecular formula is C23H23ClF4N2O9. The lowest BCUT2D eigenvalue weighted by Crippen LogP contribution is -2.36. The highest BCUT2D eigenvalue weighted by Gasteiger charge is 2.45. The van der Waals surface area contributed by atoms with Crippen molar-refractivity contribution in [2.75, 3.05) is 33.5 Å². The quantitative estimate of drug-likeness (QED) is 0.118. The van der Waals surface area contributed by atoms with Crippen LogP contribution in [-0.2, 0) is 34.8 Å². The molecular weight excluding hydrogens is 560 g/mol. The first kappa shape index (κ1) is 33.1. The number of nitrogens with one attached hydrogen (secondary N) is 1. The molecule has 0 fully saturated rings. The number of dihydropyridines is 1. The molecule has 1 aliphatic rings. The van der Waals surface area contributed by atoms with Gasteiger partial charge in [0.15, 0.2) is 0 Å². The largest absolute Gasteiger partial charge is 0.478 e. The van der Waals surface area contributed by atoms with Crippen LogP contribution in [0.2, 0.25) is 5.02 Å². The van der Waals surface area contributed by atoms with Crippen molar-refractivity contribution in [3.8, 4) is 0 Å². The third-order valence-corrected chi connectivity index (χ3v) is 5.13. The van der Waals surface area contributed by atoms with Crippen molar-refractivity contribution < 1.29 is 61.5 Å². The van der Waals surface area contributed by atoms with E-state index in [4.69, 9.17) is 32.3 Å². The Kier molecular flexibility index (Phi) is 12.6. The van der Waals surface area contributed by atoms with Crippen LogP contribution >= 0.6 is 11.6 Å². The molecule has 0 saturated heterocycles. The second-order valence-electron chi connectivity index (χ2n) is 7.33. The molecule has 1 aromatic rings. The number of hydrogen-bond acceptors (Lipinski definition) is 8. The van der Waals surface area contributed by atoms with Crippen LogP contribution in [0.1, 0.15) is 17.0 Å². The molecule has 0 spiro atoms. The van der Waals surface area contributed by atoms with E-state index in [-0.39, 0.29) is 18.8 Å².